The summed E-state index contributed by atoms with van der Waals surface area (Å²) in [7, 11) is 0. The van der Waals surface area contributed by atoms with Crippen LogP contribution in [0.2, 0.25) is 0 Å². The summed E-state index contributed by atoms with van der Waals surface area (Å²) in [6.45, 7) is 6.38. The number of aryl methyl sites for hydroxylation is 1. The van der Waals surface area contributed by atoms with E-state index < -0.39 is 0 Å². The van der Waals surface area contributed by atoms with Crippen molar-refractivity contribution in [3.8, 4) is 0 Å². The van der Waals surface area contributed by atoms with Crippen LogP contribution in [0.4, 0.5) is 0 Å². The molecule has 0 unspecified atom stereocenters. The predicted molar refractivity (Wildman–Crippen MR) is 116 cm³/mol. The van der Waals surface area contributed by atoms with E-state index in [-0.39, 0.29) is 18.1 Å². The van der Waals surface area contributed by atoms with E-state index in [4.69, 9.17) is 16.6 Å². The lowest BCUT2D eigenvalue weighted by Crippen LogP contribution is -2.35. The summed E-state index contributed by atoms with van der Waals surface area (Å²) >= 11 is 7.26. The van der Waals surface area contributed by atoms with Crippen LogP contribution in [0.15, 0.2) is 75.2 Å². The summed E-state index contributed by atoms with van der Waals surface area (Å²) in [5.41, 5.74) is 2.21. The highest BCUT2D eigenvalue weighted by atomic mass is 32.2. The van der Waals surface area contributed by atoms with Gasteiger partial charge >= 0.3 is 0 Å². The van der Waals surface area contributed by atoms with E-state index >= 15 is 0 Å². The number of hydrogen-bond donors (Lipinski definition) is 1. The third-order valence-electron chi connectivity index (χ3n) is 4.82. The van der Waals surface area contributed by atoms with Crippen LogP contribution in [0.1, 0.15) is 42.9 Å². The summed E-state index contributed by atoms with van der Waals surface area (Å²) in [5, 5.41) is 5.05. The second-order valence-electron chi connectivity index (χ2n) is 7.20. The van der Waals surface area contributed by atoms with Gasteiger partial charge < -0.3 is 14.6 Å². The molecule has 0 radical (unpaired) electrons. The van der Waals surface area contributed by atoms with Crippen molar-refractivity contribution in [2.75, 3.05) is 0 Å². The average Bonchev–Trinajstić information content (AvgIpc) is 3.28. The van der Waals surface area contributed by atoms with Crippen molar-refractivity contribution >= 4 is 29.1 Å². The molecule has 0 saturated carbocycles. The Morgan fingerprint density at radius 3 is 2.57 bits per heavy atom. The number of furan rings is 1. The maximum atomic E-state index is 6.28. The molecule has 144 valence electrons. The van der Waals surface area contributed by atoms with E-state index in [9.17, 15) is 0 Å². The highest BCUT2D eigenvalue weighted by Gasteiger charge is 2.42. The molecular weight excluding hydrogens is 386 g/mol. The largest absolute Gasteiger partial charge is 0.452 e. The van der Waals surface area contributed by atoms with Gasteiger partial charge in [-0.05, 0) is 69.4 Å². The van der Waals surface area contributed by atoms with Crippen molar-refractivity contribution in [2.24, 2.45) is 0 Å². The van der Waals surface area contributed by atoms with Crippen LogP contribution < -0.4 is 5.32 Å². The molecule has 1 fully saturated rings. The minimum absolute atomic E-state index is 0.0326. The van der Waals surface area contributed by atoms with E-state index in [0.717, 1.165) is 26.6 Å². The summed E-state index contributed by atoms with van der Waals surface area (Å²) in [6, 6.07) is 18.7. The van der Waals surface area contributed by atoms with Gasteiger partial charge in [0.15, 0.2) is 10.2 Å². The molecule has 4 nitrogen and oxygen atoms in total. The van der Waals surface area contributed by atoms with Crippen molar-refractivity contribution in [3.63, 3.8) is 0 Å². The van der Waals surface area contributed by atoms with Gasteiger partial charge in [0.25, 0.3) is 0 Å². The molecule has 1 aliphatic rings. The first-order valence-corrected chi connectivity index (χ1v) is 10.6. The number of aromatic nitrogens is 1. The Kier molecular flexibility index (Phi) is 5.42. The lowest BCUT2D eigenvalue weighted by Gasteiger charge is -2.29. The molecule has 6 heteroatoms. The van der Waals surface area contributed by atoms with Crippen molar-refractivity contribution in [2.45, 2.75) is 48.9 Å². The van der Waals surface area contributed by atoms with Gasteiger partial charge in [0, 0.05) is 17.1 Å². The number of pyridine rings is 1. The fourth-order valence-corrected chi connectivity index (χ4v) is 4.73. The molecule has 1 saturated heterocycles. The smallest absolute Gasteiger partial charge is 0.170 e. The third-order valence-corrected chi connectivity index (χ3v) is 6.08. The first-order chi connectivity index (χ1) is 13.5. The minimum atomic E-state index is -0.0422. The lowest BCUT2D eigenvalue weighted by atomic mass is 10.0. The van der Waals surface area contributed by atoms with Crippen LogP contribution in [0.25, 0.3) is 0 Å². The monoisotopic (exact) mass is 409 g/mol. The summed E-state index contributed by atoms with van der Waals surface area (Å²) in [6.07, 6.45) is 1.82. The van der Waals surface area contributed by atoms with E-state index in [1.54, 1.807) is 11.8 Å². The fourth-order valence-electron chi connectivity index (χ4n) is 3.50. The van der Waals surface area contributed by atoms with Gasteiger partial charge in [-0.15, -0.1) is 0 Å². The zero-order valence-corrected chi connectivity index (χ0v) is 17.8. The lowest BCUT2D eigenvalue weighted by molar-refractivity contribution is 0.227. The van der Waals surface area contributed by atoms with Crippen molar-refractivity contribution in [1.82, 2.24) is 15.2 Å². The maximum absolute atomic E-state index is 6.28. The van der Waals surface area contributed by atoms with Crippen LogP contribution in [0, 0.1) is 6.92 Å². The Bertz CT molecular complexity index is 953. The standard InChI is InChI=1S/C22H23N3OS2/c1-14(2)25-21(20(24-22(25)27)17-6-4-5-13-23-17)18-11-12-19(26-18)28-16-9-7-15(3)8-10-16/h4-14,20-21H,1-3H3,(H,24,27)/t20-,21-/m1/s1. The molecule has 0 amide bonds. The van der Waals surface area contributed by atoms with Gasteiger partial charge in [-0.2, -0.15) is 0 Å². The molecular formula is C22H23N3OS2. The SMILES string of the molecule is Cc1ccc(Sc2ccc([C@@H]3[C@@H](c4ccccn4)NC(=S)N3C(C)C)o2)cc1. The molecule has 3 aromatic rings. The molecule has 2 atom stereocenters. The molecule has 1 aliphatic heterocycles. The van der Waals surface area contributed by atoms with Gasteiger partial charge in [0.2, 0.25) is 0 Å². The van der Waals surface area contributed by atoms with Crippen molar-refractivity contribution < 1.29 is 4.42 Å². The van der Waals surface area contributed by atoms with E-state index in [2.05, 4.69) is 66.3 Å². The predicted octanol–water partition coefficient (Wildman–Crippen LogP) is 5.52. The Hall–Kier alpha value is -2.31. The Morgan fingerprint density at radius 1 is 1.11 bits per heavy atom. The minimum Gasteiger partial charge on any atom is -0.452 e. The molecule has 4 rings (SSSR count). The van der Waals surface area contributed by atoms with E-state index in [1.165, 1.54) is 5.56 Å². The third kappa shape index (κ3) is 3.80. The zero-order valence-electron chi connectivity index (χ0n) is 16.1. The van der Waals surface area contributed by atoms with Gasteiger partial charge in [-0.3, -0.25) is 4.98 Å². The van der Waals surface area contributed by atoms with Crippen LogP contribution in [0.5, 0.6) is 0 Å². The number of hydrogen-bond acceptors (Lipinski definition) is 4. The first kappa shape index (κ1) is 19.0. The van der Waals surface area contributed by atoms with Crippen molar-refractivity contribution in [1.29, 1.82) is 0 Å². The number of thiocarbonyl (C=S) groups is 1. The van der Waals surface area contributed by atoms with Crippen molar-refractivity contribution in [3.05, 3.63) is 77.8 Å². The summed E-state index contributed by atoms with van der Waals surface area (Å²) in [4.78, 5) is 7.91. The molecule has 3 heterocycles. The van der Waals surface area contributed by atoms with Crippen LogP contribution in [-0.4, -0.2) is 21.0 Å². The Labute approximate surface area is 175 Å². The Morgan fingerprint density at radius 2 is 1.89 bits per heavy atom. The molecule has 0 bridgehead atoms. The summed E-state index contributed by atoms with van der Waals surface area (Å²) in [5.74, 6) is 0.895. The topological polar surface area (TPSA) is 41.3 Å². The molecule has 2 aromatic heterocycles. The van der Waals surface area contributed by atoms with E-state index in [1.807, 2.05) is 30.5 Å². The number of nitrogens with zero attached hydrogens (tertiary/aromatic N) is 2. The van der Waals surface area contributed by atoms with Gasteiger partial charge in [0.1, 0.15) is 11.8 Å². The Balaban J connectivity index is 1.65. The fraction of sp³-hybridized carbons (Fsp3) is 0.273. The summed E-state index contributed by atoms with van der Waals surface area (Å²) < 4.78 is 6.28. The average molecular weight is 410 g/mol. The van der Waals surface area contributed by atoms with Crippen LogP contribution in [0.3, 0.4) is 0 Å². The maximum Gasteiger partial charge on any atom is 0.170 e. The van der Waals surface area contributed by atoms with Crippen LogP contribution >= 0.6 is 24.0 Å². The normalized spacial score (nSPS) is 19.3. The molecule has 1 N–H and O–H groups in total. The molecule has 28 heavy (non-hydrogen) atoms. The highest BCUT2D eigenvalue weighted by Crippen LogP contribution is 2.42. The zero-order chi connectivity index (χ0) is 19.7. The first-order valence-electron chi connectivity index (χ1n) is 9.37. The number of benzene rings is 1. The van der Waals surface area contributed by atoms with Gasteiger partial charge in [0.05, 0.1) is 11.7 Å². The second-order valence-corrected chi connectivity index (χ2v) is 8.66. The molecule has 1 aromatic carbocycles. The van der Waals surface area contributed by atoms with Crippen LogP contribution in [-0.2, 0) is 0 Å². The number of rotatable bonds is 5. The van der Waals surface area contributed by atoms with E-state index in [0.29, 0.717) is 0 Å². The highest BCUT2D eigenvalue weighted by molar-refractivity contribution is 7.99. The van der Waals surface area contributed by atoms with Gasteiger partial charge in [-0.1, -0.05) is 35.5 Å². The quantitative estimate of drug-likeness (QED) is 0.560. The second kappa shape index (κ2) is 7.97. The van der Waals surface area contributed by atoms with Gasteiger partial charge in [-0.25, -0.2) is 0 Å². The molecule has 0 spiro atoms. The molecule has 0 aliphatic carbocycles. The number of nitrogens with one attached hydrogen (secondary N) is 1.